The van der Waals surface area contributed by atoms with Gasteiger partial charge in [-0.05, 0) is 31.9 Å². The molecule has 0 saturated carbocycles. The lowest BCUT2D eigenvalue weighted by atomic mass is 10.0. The smallest absolute Gasteiger partial charge is 0.227 e. The summed E-state index contributed by atoms with van der Waals surface area (Å²) in [4.78, 5) is 11.9. The van der Waals surface area contributed by atoms with Gasteiger partial charge in [-0.1, -0.05) is 12.8 Å². The van der Waals surface area contributed by atoms with E-state index in [4.69, 9.17) is 4.74 Å². The Hall–Kier alpha value is -0.260. The van der Waals surface area contributed by atoms with Gasteiger partial charge in [0.2, 0.25) is 5.91 Å². The van der Waals surface area contributed by atoms with E-state index in [1.54, 1.807) is 0 Å². The molecule has 1 aliphatic rings. The van der Waals surface area contributed by atoms with Crippen LogP contribution >= 0.6 is 11.8 Å². The third-order valence-corrected chi connectivity index (χ3v) is 4.06. The Morgan fingerprint density at radius 3 is 2.78 bits per heavy atom. The van der Waals surface area contributed by atoms with Crippen LogP contribution in [-0.4, -0.2) is 50.8 Å². The molecule has 0 radical (unpaired) electrons. The van der Waals surface area contributed by atoms with E-state index in [2.05, 4.69) is 16.9 Å². The van der Waals surface area contributed by atoms with Crippen LogP contribution in [0.1, 0.15) is 25.7 Å². The quantitative estimate of drug-likeness (QED) is 0.622. The molecule has 0 bridgehead atoms. The van der Waals surface area contributed by atoms with Gasteiger partial charge in [0, 0.05) is 12.6 Å². The summed E-state index contributed by atoms with van der Waals surface area (Å²) in [7, 11) is 1.88. The van der Waals surface area contributed by atoms with E-state index in [9.17, 15) is 4.79 Å². The van der Waals surface area contributed by atoms with Crippen LogP contribution in [0.3, 0.4) is 0 Å². The molecule has 0 spiro atoms. The Morgan fingerprint density at radius 2 is 2.06 bits per heavy atom. The van der Waals surface area contributed by atoms with Crippen LogP contribution in [0.15, 0.2) is 0 Å². The fourth-order valence-corrected chi connectivity index (χ4v) is 2.66. The Kier molecular flexibility index (Phi) is 8.46. The minimum Gasteiger partial charge on any atom is -0.379 e. The van der Waals surface area contributed by atoms with Crippen molar-refractivity contribution in [2.24, 2.45) is 5.92 Å². The lowest BCUT2D eigenvalue weighted by Gasteiger charge is -2.16. The van der Waals surface area contributed by atoms with Crippen molar-refractivity contribution in [1.82, 2.24) is 10.6 Å². The molecule has 1 saturated heterocycles. The van der Waals surface area contributed by atoms with Gasteiger partial charge in [0.15, 0.2) is 0 Å². The van der Waals surface area contributed by atoms with Crippen LogP contribution in [0.2, 0.25) is 0 Å². The molecule has 1 fully saturated rings. The fraction of sp³-hybridized carbons (Fsp3) is 0.923. The van der Waals surface area contributed by atoms with Crippen LogP contribution in [0.5, 0.6) is 0 Å². The molecule has 0 aromatic heterocycles. The molecule has 5 heteroatoms. The lowest BCUT2D eigenvalue weighted by molar-refractivity contribution is -0.125. The molecule has 2 unspecified atom stereocenters. The van der Waals surface area contributed by atoms with E-state index in [1.165, 1.54) is 25.0 Å². The Labute approximate surface area is 115 Å². The van der Waals surface area contributed by atoms with Gasteiger partial charge in [-0.15, -0.1) is 0 Å². The van der Waals surface area contributed by atoms with E-state index < -0.39 is 0 Å². The van der Waals surface area contributed by atoms with Gasteiger partial charge in [-0.25, -0.2) is 0 Å². The van der Waals surface area contributed by atoms with Gasteiger partial charge in [0.1, 0.15) is 0 Å². The molecule has 1 aliphatic heterocycles. The summed E-state index contributed by atoms with van der Waals surface area (Å²) in [6.07, 6.45) is 6.98. The Balaban J connectivity index is 2.03. The Bertz CT molecular complexity index is 239. The maximum absolute atomic E-state index is 11.9. The minimum atomic E-state index is -0.0218. The first-order valence-corrected chi connectivity index (χ1v) is 8.20. The molecule has 0 aromatic carbocycles. The summed E-state index contributed by atoms with van der Waals surface area (Å²) in [6.45, 7) is 1.99. The number of rotatable bonds is 9. The number of thioether (sulfide) groups is 1. The zero-order valence-electron chi connectivity index (χ0n) is 11.5. The molecular weight excluding hydrogens is 248 g/mol. The number of amides is 1. The average molecular weight is 274 g/mol. The van der Waals surface area contributed by atoms with Gasteiger partial charge in [-0.3, -0.25) is 4.79 Å². The van der Waals surface area contributed by atoms with Crippen molar-refractivity contribution < 1.29 is 9.53 Å². The van der Waals surface area contributed by atoms with Crippen molar-refractivity contribution in [1.29, 1.82) is 0 Å². The van der Waals surface area contributed by atoms with Crippen molar-refractivity contribution in [3.63, 3.8) is 0 Å². The number of likely N-dealkylation sites (N-methyl/N-ethyl adjacent to an activating group) is 1. The molecule has 0 aromatic rings. The normalized spacial score (nSPS) is 23.2. The third-order valence-electron chi connectivity index (χ3n) is 3.36. The summed E-state index contributed by atoms with van der Waals surface area (Å²) in [5.74, 6) is 1.36. The van der Waals surface area contributed by atoms with Gasteiger partial charge in [-0.2, -0.15) is 11.8 Å². The summed E-state index contributed by atoms with van der Waals surface area (Å²) in [5.41, 5.74) is 0. The van der Waals surface area contributed by atoms with E-state index >= 15 is 0 Å². The van der Waals surface area contributed by atoms with E-state index in [-0.39, 0.29) is 17.9 Å². The molecule has 1 heterocycles. The van der Waals surface area contributed by atoms with E-state index in [0.29, 0.717) is 13.2 Å². The summed E-state index contributed by atoms with van der Waals surface area (Å²) >= 11 is 1.90. The van der Waals surface area contributed by atoms with Crippen LogP contribution < -0.4 is 10.6 Å². The maximum atomic E-state index is 11.9. The zero-order valence-corrected chi connectivity index (χ0v) is 12.4. The van der Waals surface area contributed by atoms with Crippen LogP contribution in [0, 0.1) is 5.92 Å². The van der Waals surface area contributed by atoms with E-state index in [0.717, 1.165) is 13.0 Å². The summed E-state index contributed by atoms with van der Waals surface area (Å²) < 4.78 is 5.33. The van der Waals surface area contributed by atoms with Gasteiger partial charge >= 0.3 is 0 Å². The molecular formula is C13H26N2O2S. The largest absolute Gasteiger partial charge is 0.379 e. The van der Waals surface area contributed by atoms with Gasteiger partial charge in [0.05, 0.1) is 19.1 Å². The monoisotopic (exact) mass is 274 g/mol. The number of hydrogen-bond donors (Lipinski definition) is 2. The van der Waals surface area contributed by atoms with Crippen LogP contribution in [0.4, 0.5) is 0 Å². The topological polar surface area (TPSA) is 50.4 Å². The van der Waals surface area contributed by atoms with Crippen LogP contribution in [0.25, 0.3) is 0 Å². The highest BCUT2D eigenvalue weighted by molar-refractivity contribution is 7.98. The highest BCUT2D eigenvalue weighted by atomic mass is 32.2. The molecule has 1 rings (SSSR count). The van der Waals surface area contributed by atoms with Crippen molar-refractivity contribution in [2.45, 2.75) is 31.7 Å². The predicted octanol–water partition coefficient (Wildman–Crippen LogP) is 1.26. The second-order valence-corrected chi connectivity index (χ2v) is 5.72. The molecule has 4 nitrogen and oxygen atoms in total. The molecule has 106 valence electrons. The second kappa shape index (κ2) is 9.64. The summed E-state index contributed by atoms with van der Waals surface area (Å²) in [6, 6.07) is 0.173. The first-order valence-electron chi connectivity index (χ1n) is 6.81. The predicted molar refractivity (Wildman–Crippen MR) is 77.0 cm³/mol. The Morgan fingerprint density at radius 1 is 1.28 bits per heavy atom. The van der Waals surface area contributed by atoms with Crippen molar-refractivity contribution >= 4 is 17.7 Å². The maximum Gasteiger partial charge on any atom is 0.227 e. The number of carbonyl (C=O) groups excluding carboxylic acids is 1. The van der Waals surface area contributed by atoms with Crippen LogP contribution in [-0.2, 0) is 9.53 Å². The lowest BCUT2D eigenvalue weighted by Crippen LogP contribution is -2.42. The molecule has 1 amide bonds. The zero-order chi connectivity index (χ0) is 13.2. The van der Waals surface area contributed by atoms with Gasteiger partial charge < -0.3 is 15.4 Å². The SMILES string of the molecule is CNC1COCC1C(=O)NCCCCCCSC. The number of ether oxygens (including phenoxy) is 1. The summed E-state index contributed by atoms with van der Waals surface area (Å²) in [5, 5.41) is 6.15. The standard InChI is InChI=1S/C13H26N2O2S/c1-14-12-10-17-9-11(12)13(16)15-7-5-3-4-6-8-18-2/h11-12,14H,3-10H2,1-2H3,(H,15,16). The van der Waals surface area contributed by atoms with Crippen molar-refractivity contribution in [3.05, 3.63) is 0 Å². The second-order valence-electron chi connectivity index (χ2n) is 4.74. The number of hydrogen-bond acceptors (Lipinski definition) is 4. The molecule has 2 atom stereocenters. The molecule has 18 heavy (non-hydrogen) atoms. The van der Waals surface area contributed by atoms with Crippen molar-refractivity contribution in [2.75, 3.05) is 38.8 Å². The molecule has 2 N–H and O–H groups in total. The highest BCUT2D eigenvalue weighted by Gasteiger charge is 2.32. The molecule has 0 aliphatic carbocycles. The van der Waals surface area contributed by atoms with Crippen molar-refractivity contribution in [3.8, 4) is 0 Å². The van der Waals surface area contributed by atoms with Gasteiger partial charge in [0.25, 0.3) is 0 Å². The average Bonchev–Trinajstić information content (AvgIpc) is 2.85. The highest BCUT2D eigenvalue weighted by Crippen LogP contribution is 2.13. The third kappa shape index (κ3) is 5.59. The number of unbranched alkanes of at least 4 members (excludes halogenated alkanes) is 3. The fourth-order valence-electron chi connectivity index (χ4n) is 2.16. The first kappa shape index (κ1) is 15.8. The number of carbonyl (C=O) groups is 1. The minimum absolute atomic E-state index is 0.0218. The first-order chi connectivity index (χ1) is 8.79. The number of nitrogens with one attached hydrogen (secondary N) is 2. The van der Waals surface area contributed by atoms with E-state index in [1.807, 2.05) is 18.8 Å².